The number of fused-ring (bicyclic) bond motifs is 3. The van der Waals surface area contributed by atoms with Crippen LogP contribution in [0, 0.1) is 19.7 Å². The summed E-state index contributed by atoms with van der Waals surface area (Å²) in [7, 11) is 0. The predicted molar refractivity (Wildman–Crippen MR) is 138 cm³/mol. The van der Waals surface area contributed by atoms with Gasteiger partial charge in [-0.05, 0) is 70.0 Å². The highest BCUT2D eigenvalue weighted by Gasteiger charge is 2.37. The zero-order valence-electron chi connectivity index (χ0n) is 21.9. The predicted octanol–water partition coefficient (Wildman–Crippen LogP) is 5.36. The maximum absolute atomic E-state index is 15.4. The van der Waals surface area contributed by atoms with E-state index in [-0.39, 0.29) is 19.1 Å². The Morgan fingerprint density at radius 1 is 1.11 bits per heavy atom. The molecule has 0 spiro atoms. The van der Waals surface area contributed by atoms with Gasteiger partial charge in [0, 0.05) is 28.6 Å². The maximum atomic E-state index is 15.4. The van der Waals surface area contributed by atoms with Crippen molar-refractivity contribution in [3.63, 3.8) is 0 Å². The van der Waals surface area contributed by atoms with Crippen molar-refractivity contribution < 1.29 is 23.4 Å². The monoisotopic (exact) mass is 517 g/mol. The molecule has 0 saturated carbocycles. The molecule has 0 radical (unpaired) electrons. The Kier molecular flexibility index (Phi) is 5.51. The number of pyridine rings is 2. The summed E-state index contributed by atoms with van der Waals surface area (Å²) in [6.07, 6.45) is 2.69. The molecule has 0 N–H and O–H groups in total. The number of anilines is 1. The van der Waals surface area contributed by atoms with Gasteiger partial charge in [-0.3, -0.25) is 14.3 Å². The molecule has 4 aromatic rings. The summed E-state index contributed by atoms with van der Waals surface area (Å²) in [5.74, 6) is 0.768. The summed E-state index contributed by atoms with van der Waals surface area (Å²) in [5.41, 5.74) is 4.34. The number of nitrogens with zero attached hydrogens (tertiary/aromatic N) is 5. The minimum atomic E-state index is -0.780. The van der Waals surface area contributed by atoms with Gasteiger partial charge in [0.05, 0.1) is 25.7 Å². The molecule has 2 aliphatic heterocycles. The number of benzene rings is 1. The molecule has 1 aromatic carbocycles. The first-order chi connectivity index (χ1) is 18.1. The van der Waals surface area contributed by atoms with Crippen molar-refractivity contribution in [2.24, 2.45) is 0 Å². The third-order valence-electron chi connectivity index (χ3n) is 6.78. The van der Waals surface area contributed by atoms with Crippen LogP contribution in [-0.2, 0) is 11.3 Å². The van der Waals surface area contributed by atoms with Crippen LogP contribution >= 0.6 is 0 Å². The van der Waals surface area contributed by atoms with E-state index in [1.54, 1.807) is 31.2 Å². The van der Waals surface area contributed by atoms with Gasteiger partial charge in [-0.15, -0.1) is 10.2 Å². The molecule has 0 bridgehead atoms. The minimum Gasteiger partial charge on any atom is -0.493 e. The third-order valence-corrected chi connectivity index (χ3v) is 6.78. The van der Waals surface area contributed by atoms with E-state index >= 15 is 4.39 Å². The lowest BCUT2D eigenvalue weighted by molar-refractivity contribution is 0.0574. The number of halogens is 1. The number of aryl methyl sites for hydroxylation is 2. The molecule has 1 amide bonds. The van der Waals surface area contributed by atoms with Crippen LogP contribution in [0.25, 0.3) is 16.8 Å². The second-order valence-electron chi connectivity index (χ2n) is 10.7. The average Bonchev–Trinajstić information content (AvgIpc) is 3.50. The Morgan fingerprint density at radius 3 is 2.63 bits per heavy atom. The van der Waals surface area contributed by atoms with Gasteiger partial charge in [-0.1, -0.05) is 0 Å². The second-order valence-corrected chi connectivity index (χ2v) is 10.7. The fourth-order valence-corrected chi connectivity index (χ4v) is 5.09. The first-order valence-corrected chi connectivity index (χ1v) is 12.5. The van der Waals surface area contributed by atoms with Crippen LogP contribution in [0.3, 0.4) is 0 Å². The van der Waals surface area contributed by atoms with Crippen LogP contribution < -0.4 is 14.4 Å². The number of aromatic nitrogens is 4. The van der Waals surface area contributed by atoms with Crippen LogP contribution in [0.5, 0.6) is 11.5 Å². The Labute approximate surface area is 219 Å². The van der Waals surface area contributed by atoms with E-state index in [4.69, 9.17) is 14.2 Å². The van der Waals surface area contributed by atoms with E-state index in [9.17, 15) is 4.79 Å². The molecule has 9 nitrogen and oxygen atoms in total. The summed E-state index contributed by atoms with van der Waals surface area (Å²) >= 11 is 0. The van der Waals surface area contributed by atoms with Crippen molar-refractivity contribution in [2.45, 2.75) is 52.7 Å². The maximum Gasteiger partial charge on any atom is 0.416 e. The van der Waals surface area contributed by atoms with Gasteiger partial charge in [0.15, 0.2) is 17.2 Å². The van der Waals surface area contributed by atoms with Gasteiger partial charge in [0.1, 0.15) is 23.5 Å². The molecule has 0 aliphatic carbocycles. The second kappa shape index (κ2) is 8.68. The molecule has 2 aliphatic rings. The minimum absolute atomic E-state index is 0.0832. The van der Waals surface area contributed by atoms with Crippen molar-refractivity contribution in [3.8, 4) is 22.6 Å². The highest BCUT2D eigenvalue weighted by atomic mass is 19.1. The molecule has 38 heavy (non-hydrogen) atoms. The van der Waals surface area contributed by atoms with Crippen LogP contribution in [0.4, 0.5) is 15.0 Å². The lowest BCUT2D eigenvalue weighted by atomic mass is 9.95. The molecular weight excluding hydrogens is 489 g/mol. The van der Waals surface area contributed by atoms with Gasteiger partial charge in [0.25, 0.3) is 0 Å². The Morgan fingerprint density at radius 2 is 1.87 bits per heavy atom. The van der Waals surface area contributed by atoms with Crippen molar-refractivity contribution in [2.75, 3.05) is 18.1 Å². The first-order valence-electron chi connectivity index (χ1n) is 12.5. The van der Waals surface area contributed by atoms with E-state index in [0.717, 1.165) is 22.4 Å². The van der Waals surface area contributed by atoms with Crippen LogP contribution in [-0.4, -0.2) is 44.5 Å². The van der Waals surface area contributed by atoms with Gasteiger partial charge in [-0.25, -0.2) is 9.18 Å². The normalized spacial score (nSPS) is 16.6. The van der Waals surface area contributed by atoms with Crippen molar-refractivity contribution in [3.05, 3.63) is 65.0 Å². The molecule has 5 heterocycles. The SMILES string of the molecule is Cc1cc(-c2cc3c(n4cnnc24)N(C(=O)OC(C)(C)C)Cc2c(F)ccc4c2C(CO4)CO3)c(C)cn1. The van der Waals surface area contributed by atoms with Crippen molar-refractivity contribution in [1.82, 2.24) is 19.6 Å². The molecule has 1 unspecified atom stereocenters. The zero-order chi connectivity index (χ0) is 26.8. The number of carbonyl (C=O) groups excluding carboxylic acids is 1. The van der Waals surface area contributed by atoms with Crippen LogP contribution in [0.1, 0.15) is 49.1 Å². The Hall–Kier alpha value is -4.21. The van der Waals surface area contributed by atoms with Crippen LogP contribution in [0.15, 0.2) is 36.8 Å². The number of hydrogen-bond donors (Lipinski definition) is 0. The smallest absolute Gasteiger partial charge is 0.416 e. The largest absolute Gasteiger partial charge is 0.493 e. The number of carbonyl (C=O) groups is 1. The fourth-order valence-electron chi connectivity index (χ4n) is 5.09. The zero-order valence-corrected chi connectivity index (χ0v) is 21.9. The van der Waals surface area contributed by atoms with Crippen LogP contribution in [0.2, 0.25) is 0 Å². The molecule has 0 saturated heterocycles. The standard InChI is InChI=1S/C28H28FN5O4/c1-15-10-30-16(2)8-18(15)19-9-23-26(34-14-31-32-25(19)34)33(27(35)38-28(3,4)5)11-20-21(29)6-7-22-24(20)17(12-36-22)13-37-23/h6-10,14,17H,11-13H2,1-5H3. The summed E-state index contributed by atoms with van der Waals surface area (Å²) in [6, 6.07) is 6.84. The highest BCUT2D eigenvalue weighted by Crippen LogP contribution is 2.44. The fraction of sp³-hybridized carbons (Fsp3) is 0.357. The third kappa shape index (κ3) is 4.00. The van der Waals surface area contributed by atoms with Crippen molar-refractivity contribution >= 4 is 17.6 Å². The van der Waals surface area contributed by atoms with E-state index in [1.807, 2.05) is 32.2 Å². The van der Waals surface area contributed by atoms with E-state index in [2.05, 4.69) is 15.2 Å². The quantitative estimate of drug-likeness (QED) is 0.336. The number of ether oxygens (including phenoxy) is 3. The molecule has 3 aromatic heterocycles. The number of amides is 1. The summed E-state index contributed by atoms with van der Waals surface area (Å²) in [5, 5.41) is 8.55. The molecule has 196 valence electrons. The molecular formula is C28H28FN5O4. The van der Waals surface area contributed by atoms with Gasteiger partial charge in [0.2, 0.25) is 0 Å². The van der Waals surface area contributed by atoms with Gasteiger partial charge in [-0.2, -0.15) is 0 Å². The lowest BCUT2D eigenvalue weighted by Crippen LogP contribution is -2.38. The number of rotatable bonds is 1. The molecule has 6 rings (SSSR count). The van der Waals surface area contributed by atoms with Gasteiger partial charge < -0.3 is 14.2 Å². The van der Waals surface area contributed by atoms with E-state index in [1.165, 1.54) is 17.3 Å². The number of hydrogen-bond acceptors (Lipinski definition) is 7. The summed E-state index contributed by atoms with van der Waals surface area (Å²) in [6.45, 7) is 9.77. The Balaban J connectivity index is 1.61. The van der Waals surface area contributed by atoms with E-state index in [0.29, 0.717) is 40.7 Å². The summed E-state index contributed by atoms with van der Waals surface area (Å²) in [4.78, 5) is 19.5. The molecule has 0 fully saturated rings. The van der Waals surface area contributed by atoms with E-state index < -0.39 is 17.5 Å². The molecule has 10 heteroatoms. The summed E-state index contributed by atoms with van der Waals surface area (Å²) < 4.78 is 35.1. The Bertz CT molecular complexity index is 1590. The topological polar surface area (TPSA) is 91.1 Å². The average molecular weight is 518 g/mol. The lowest BCUT2D eigenvalue weighted by Gasteiger charge is -2.29. The van der Waals surface area contributed by atoms with Crippen molar-refractivity contribution in [1.29, 1.82) is 0 Å². The molecule has 1 atom stereocenters. The first kappa shape index (κ1) is 24.1. The van der Waals surface area contributed by atoms with Gasteiger partial charge >= 0.3 is 6.09 Å². The highest BCUT2D eigenvalue weighted by molar-refractivity contribution is 5.92.